The monoisotopic (exact) mass is 343 g/mol. The van der Waals surface area contributed by atoms with Crippen LogP contribution in [0.1, 0.15) is 30.6 Å². The van der Waals surface area contributed by atoms with Gasteiger partial charge in [0.25, 0.3) is 0 Å². The third-order valence-corrected chi connectivity index (χ3v) is 4.90. The summed E-state index contributed by atoms with van der Waals surface area (Å²) in [7, 11) is 5.86. The van der Waals surface area contributed by atoms with E-state index >= 15 is 0 Å². The van der Waals surface area contributed by atoms with Crippen LogP contribution in [0.4, 0.5) is 5.69 Å². The minimum absolute atomic E-state index is 0.0956. The Hall–Kier alpha value is -1.85. The largest absolute Gasteiger partial charge is 0.461 e. The molecule has 0 bridgehead atoms. The van der Waals surface area contributed by atoms with Crippen LogP contribution in [-0.4, -0.2) is 51.6 Å². The normalized spacial score (nSPS) is 14.6. The van der Waals surface area contributed by atoms with E-state index in [0.717, 1.165) is 36.4 Å². The van der Waals surface area contributed by atoms with Crippen molar-refractivity contribution in [3.63, 3.8) is 0 Å². The highest BCUT2D eigenvalue weighted by molar-refractivity contribution is 5.97. The fraction of sp³-hybridized carbons (Fsp3) is 0.550. The molecule has 1 amide bonds. The van der Waals surface area contributed by atoms with Gasteiger partial charge in [0.05, 0.1) is 6.54 Å². The van der Waals surface area contributed by atoms with Gasteiger partial charge in [-0.05, 0) is 58.6 Å². The maximum atomic E-state index is 12.6. The summed E-state index contributed by atoms with van der Waals surface area (Å²) in [5.74, 6) is 1.24. The van der Waals surface area contributed by atoms with Gasteiger partial charge in [-0.15, -0.1) is 0 Å². The van der Waals surface area contributed by atoms with Crippen molar-refractivity contribution in [3.8, 4) is 0 Å². The summed E-state index contributed by atoms with van der Waals surface area (Å²) in [6.45, 7) is 1.85. The number of hydrogen-bond acceptors (Lipinski definition) is 4. The van der Waals surface area contributed by atoms with E-state index in [-0.39, 0.29) is 5.91 Å². The first-order valence-corrected chi connectivity index (χ1v) is 9.24. The number of benzene rings is 1. The topological polar surface area (TPSA) is 48.7 Å². The van der Waals surface area contributed by atoms with Crippen LogP contribution in [0, 0.1) is 0 Å². The van der Waals surface area contributed by atoms with Crippen molar-refractivity contribution in [1.29, 1.82) is 0 Å². The second kappa shape index (κ2) is 8.02. The molecule has 1 N–H and O–H groups in total. The van der Waals surface area contributed by atoms with Gasteiger partial charge in [0, 0.05) is 36.1 Å². The Bertz CT molecular complexity index is 736. The van der Waals surface area contributed by atoms with E-state index < -0.39 is 0 Å². The zero-order valence-corrected chi connectivity index (χ0v) is 15.6. The van der Waals surface area contributed by atoms with E-state index in [4.69, 9.17) is 4.42 Å². The molecule has 1 heterocycles. The van der Waals surface area contributed by atoms with Gasteiger partial charge in [0.15, 0.2) is 0 Å². The lowest BCUT2D eigenvalue weighted by molar-refractivity contribution is -0.117. The molecule has 3 rings (SSSR count). The molecule has 5 heteroatoms. The predicted molar refractivity (Wildman–Crippen MR) is 102 cm³/mol. The average Bonchev–Trinajstić information content (AvgIpc) is 2.76. The number of aryl methyl sites for hydroxylation is 2. The van der Waals surface area contributed by atoms with Gasteiger partial charge in [-0.25, -0.2) is 0 Å². The molecule has 0 atom stereocenters. The van der Waals surface area contributed by atoms with Crippen LogP contribution in [0.3, 0.4) is 0 Å². The van der Waals surface area contributed by atoms with Gasteiger partial charge in [0.1, 0.15) is 11.3 Å². The Labute approximate surface area is 150 Å². The molecule has 1 aromatic heterocycles. The molecule has 0 fully saturated rings. The summed E-state index contributed by atoms with van der Waals surface area (Å²) in [5.41, 5.74) is 3.26. The SMILES string of the molecule is CNCC(=O)N(CCN(C)C)c1ccc2oc3c(c2c1)CCCCC3. The third-order valence-electron chi connectivity index (χ3n) is 4.90. The van der Waals surface area contributed by atoms with Crippen molar-refractivity contribution < 1.29 is 9.21 Å². The van der Waals surface area contributed by atoms with E-state index in [1.165, 1.54) is 30.2 Å². The molecule has 0 radical (unpaired) electrons. The molecule has 1 aliphatic carbocycles. The molecule has 2 aromatic rings. The lowest BCUT2D eigenvalue weighted by Crippen LogP contribution is -2.41. The highest BCUT2D eigenvalue weighted by atomic mass is 16.3. The smallest absolute Gasteiger partial charge is 0.240 e. The Morgan fingerprint density at radius 1 is 1.16 bits per heavy atom. The van der Waals surface area contributed by atoms with Gasteiger partial charge in [-0.2, -0.15) is 0 Å². The lowest BCUT2D eigenvalue weighted by Gasteiger charge is -2.24. The summed E-state index contributed by atoms with van der Waals surface area (Å²) in [6, 6.07) is 6.18. The standard InChI is InChI=1S/C20H29N3O2/c1-21-14-20(24)23(12-11-22(2)3)15-9-10-19-17(13-15)16-7-5-4-6-8-18(16)25-19/h9-10,13,21H,4-8,11-12,14H2,1-3H3. The molecular formula is C20H29N3O2. The molecule has 5 nitrogen and oxygen atoms in total. The van der Waals surface area contributed by atoms with E-state index in [0.29, 0.717) is 13.1 Å². The second-order valence-corrected chi connectivity index (χ2v) is 7.12. The van der Waals surface area contributed by atoms with Gasteiger partial charge >= 0.3 is 0 Å². The van der Waals surface area contributed by atoms with Crippen molar-refractivity contribution >= 4 is 22.6 Å². The number of likely N-dealkylation sites (N-methyl/N-ethyl adjacent to an activating group) is 2. The van der Waals surface area contributed by atoms with E-state index in [9.17, 15) is 4.79 Å². The quantitative estimate of drug-likeness (QED) is 0.820. The first kappa shape index (κ1) is 18.0. The van der Waals surface area contributed by atoms with Crippen molar-refractivity contribution in [2.75, 3.05) is 45.7 Å². The number of nitrogens with one attached hydrogen (secondary N) is 1. The molecule has 136 valence electrons. The summed E-state index contributed by atoms with van der Waals surface area (Å²) >= 11 is 0. The zero-order chi connectivity index (χ0) is 17.8. The van der Waals surface area contributed by atoms with Gasteiger partial charge < -0.3 is 19.5 Å². The summed E-state index contributed by atoms with van der Waals surface area (Å²) in [6.07, 6.45) is 5.79. The van der Waals surface area contributed by atoms with E-state index in [1.807, 2.05) is 31.1 Å². The van der Waals surface area contributed by atoms with Gasteiger partial charge in [0.2, 0.25) is 5.91 Å². The molecule has 0 saturated heterocycles. The van der Waals surface area contributed by atoms with Crippen molar-refractivity contribution in [2.24, 2.45) is 0 Å². The molecule has 1 aliphatic rings. The number of hydrogen-bond donors (Lipinski definition) is 1. The van der Waals surface area contributed by atoms with Crippen molar-refractivity contribution in [3.05, 3.63) is 29.5 Å². The second-order valence-electron chi connectivity index (χ2n) is 7.12. The number of nitrogens with zero attached hydrogens (tertiary/aromatic N) is 2. The number of carbonyl (C=O) groups is 1. The first-order valence-electron chi connectivity index (χ1n) is 9.24. The molecular weight excluding hydrogens is 314 g/mol. The maximum Gasteiger partial charge on any atom is 0.240 e. The summed E-state index contributed by atoms with van der Waals surface area (Å²) < 4.78 is 6.09. The average molecular weight is 343 g/mol. The number of anilines is 1. The Kier molecular flexibility index (Phi) is 5.76. The number of rotatable bonds is 6. The predicted octanol–water partition coefficient (Wildman–Crippen LogP) is 2.82. The molecule has 25 heavy (non-hydrogen) atoms. The number of fused-ring (bicyclic) bond motifs is 3. The third kappa shape index (κ3) is 4.05. The minimum Gasteiger partial charge on any atom is -0.461 e. The van der Waals surface area contributed by atoms with Gasteiger partial charge in [-0.1, -0.05) is 6.42 Å². The van der Waals surface area contributed by atoms with Crippen LogP contribution in [0.15, 0.2) is 22.6 Å². The Balaban J connectivity index is 1.96. The number of carbonyl (C=O) groups excluding carboxylic acids is 1. The molecule has 0 unspecified atom stereocenters. The van der Waals surface area contributed by atoms with Crippen LogP contribution in [0.2, 0.25) is 0 Å². The molecule has 0 spiro atoms. The zero-order valence-electron chi connectivity index (χ0n) is 15.6. The van der Waals surface area contributed by atoms with Crippen LogP contribution >= 0.6 is 0 Å². The van der Waals surface area contributed by atoms with Gasteiger partial charge in [-0.3, -0.25) is 4.79 Å². The Morgan fingerprint density at radius 2 is 1.96 bits per heavy atom. The summed E-state index contributed by atoms with van der Waals surface area (Å²) in [4.78, 5) is 16.6. The molecule has 0 saturated carbocycles. The fourth-order valence-electron chi connectivity index (χ4n) is 3.54. The highest BCUT2D eigenvalue weighted by Gasteiger charge is 2.20. The van der Waals surface area contributed by atoms with Crippen molar-refractivity contribution in [1.82, 2.24) is 10.2 Å². The van der Waals surface area contributed by atoms with Crippen LogP contribution < -0.4 is 10.2 Å². The minimum atomic E-state index is 0.0956. The van der Waals surface area contributed by atoms with E-state index in [2.05, 4.69) is 16.3 Å². The van der Waals surface area contributed by atoms with Crippen LogP contribution in [-0.2, 0) is 17.6 Å². The van der Waals surface area contributed by atoms with Crippen LogP contribution in [0.5, 0.6) is 0 Å². The first-order chi connectivity index (χ1) is 12.1. The molecule has 1 aromatic carbocycles. The highest BCUT2D eigenvalue weighted by Crippen LogP contribution is 2.33. The van der Waals surface area contributed by atoms with Crippen LogP contribution in [0.25, 0.3) is 11.0 Å². The number of amides is 1. The number of furan rings is 1. The fourth-order valence-corrected chi connectivity index (χ4v) is 3.54. The Morgan fingerprint density at radius 3 is 2.72 bits per heavy atom. The molecule has 0 aliphatic heterocycles. The summed E-state index contributed by atoms with van der Waals surface area (Å²) in [5, 5.41) is 4.15. The van der Waals surface area contributed by atoms with Crippen molar-refractivity contribution in [2.45, 2.75) is 32.1 Å². The van der Waals surface area contributed by atoms with E-state index in [1.54, 1.807) is 7.05 Å². The lowest BCUT2D eigenvalue weighted by atomic mass is 10.1. The maximum absolute atomic E-state index is 12.6.